The van der Waals surface area contributed by atoms with Crippen molar-refractivity contribution in [2.75, 3.05) is 19.6 Å². The van der Waals surface area contributed by atoms with Gasteiger partial charge in [0.05, 0.1) is 10.6 Å². The van der Waals surface area contributed by atoms with E-state index in [1.807, 2.05) is 17.0 Å². The molecule has 21 heavy (non-hydrogen) atoms. The van der Waals surface area contributed by atoms with E-state index in [9.17, 15) is 4.79 Å². The van der Waals surface area contributed by atoms with Crippen LogP contribution < -0.4 is 5.32 Å². The molecule has 1 amide bonds. The fourth-order valence-corrected chi connectivity index (χ4v) is 3.18. The number of hydrogen-bond acceptors (Lipinski definition) is 2. The molecule has 0 atom stereocenters. The van der Waals surface area contributed by atoms with Gasteiger partial charge >= 0.3 is 0 Å². The Morgan fingerprint density at radius 2 is 2.10 bits per heavy atom. The Bertz CT molecular complexity index is 479. The first-order valence-electron chi connectivity index (χ1n) is 7.10. The molecule has 1 aliphatic rings. The number of hydrogen-bond donors (Lipinski definition) is 1. The molecular weight excluding hydrogens is 375 g/mol. The molecule has 0 aromatic heterocycles. The maximum absolute atomic E-state index is 12.8. The Balaban J connectivity index is 0.00000220. The second kappa shape index (κ2) is 8.99. The summed E-state index contributed by atoms with van der Waals surface area (Å²) in [6.07, 6.45) is 2.98. The van der Waals surface area contributed by atoms with Crippen molar-refractivity contribution in [1.82, 2.24) is 10.2 Å². The lowest BCUT2D eigenvalue weighted by molar-refractivity contribution is 0.0643. The van der Waals surface area contributed by atoms with Gasteiger partial charge in [0, 0.05) is 17.1 Å². The molecule has 0 radical (unpaired) electrons. The highest BCUT2D eigenvalue weighted by atomic mass is 79.9. The molecule has 1 heterocycles. The Morgan fingerprint density at radius 1 is 1.43 bits per heavy atom. The standard InChI is InChI=1S/C15H20BrClN2O.ClH/c1-2-9-19(12-5-7-18-8-6-12)15(20)13-10-11(16)3-4-14(13)17;/h3-4,10,12,18H,2,5-9H2,1H3;1H. The molecule has 1 aromatic carbocycles. The van der Waals surface area contributed by atoms with E-state index in [1.54, 1.807) is 6.07 Å². The predicted octanol–water partition coefficient (Wildman–Crippen LogP) is 4.13. The summed E-state index contributed by atoms with van der Waals surface area (Å²) in [5.41, 5.74) is 0.591. The SMILES string of the molecule is CCCN(C(=O)c1cc(Br)ccc1Cl)C1CCNCC1.Cl. The largest absolute Gasteiger partial charge is 0.336 e. The second-order valence-electron chi connectivity index (χ2n) is 5.10. The lowest BCUT2D eigenvalue weighted by Gasteiger charge is -2.34. The van der Waals surface area contributed by atoms with E-state index in [0.717, 1.165) is 43.4 Å². The number of rotatable bonds is 4. The molecule has 118 valence electrons. The maximum Gasteiger partial charge on any atom is 0.255 e. The van der Waals surface area contributed by atoms with Gasteiger partial charge in [-0.05, 0) is 50.6 Å². The predicted molar refractivity (Wildman–Crippen MR) is 93.6 cm³/mol. The summed E-state index contributed by atoms with van der Waals surface area (Å²) in [6.45, 7) is 4.84. The number of carbonyl (C=O) groups is 1. The molecule has 0 saturated carbocycles. The second-order valence-corrected chi connectivity index (χ2v) is 6.43. The molecule has 2 rings (SSSR count). The highest BCUT2D eigenvalue weighted by molar-refractivity contribution is 9.10. The van der Waals surface area contributed by atoms with E-state index in [4.69, 9.17) is 11.6 Å². The number of piperidine rings is 1. The van der Waals surface area contributed by atoms with Gasteiger partial charge in [0.15, 0.2) is 0 Å². The van der Waals surface area contributed by atoms with Gasteiger partial charge in [0.1, 0.15) is 0 Å². The van der Waals surface area contributed by atoms with Crippen LogP contribution in [0.4, 0.5) is 0 Å². The average Bonchev–Trinajstić information content (AvgIpc) is 2.47. The number of carbonyl (C=O) groups excluding carboxylic acids is 1. The van der Waals surface area contributed by atoms with Crippen LogP contribution in [0.3, 0.4) is 0 Å². The van der Waals surface area contributed by atoms with Crippen molar-refractivity contribution in [3.8, 4) is 0 Å². The van der Waals surface area contributed by atoms with Crippen LogP contribution in [0.5, 0.6) is 0 Å². The summed E-state index contributed by atoms with van der Waals surface area (Å²) in [4.78, 5) is 14.8. The van der Waals surface area contributed by atoms with Crippen LogP contribution in [0.2, 0.25) is 5.02 Å². The lowest BCUT2D eigenvalue weighted by atomic mass is 10.0. The van der Waals surface area contributed by atoms with Crippen molar-refractivity contribution in [1.29, 1.82) is 0 Å². The van der Waals surface area contributed by atoms with Crippen molar-refractivity contribution in [3.05, 3.63) is 33.3 Å². The molecule has 1 saturated heterocycles. The van der Waals surface area contributed by atoms with Crippen molar-refractivity contribution in [3.63, 3.8) is 0 Å². The minimum atomic E-state index is 0. The first-order valence-corrected chi connectivity index (χ1v) is 8.27. The molecular formula is C15H21BrCl2N2O. The Kier molecular flexibility index (Phi) is 8.03. The van der Waals surface area contributed by atoms with E-state index >= 15 is 0 Å². The summed E-state index contributed by atoms with van der Waals surface area (Å²) in [5.74, 6) is 0.0463. The van der Waals surface area contributed by atoms with Gasteiger partial charge in [-0.15, -0.1) is 12.4 Å². The molecule has 1 aromatic rings. The summed E-state index contributed by atoms with van der Waals surface area (Å²) in [6, 6.07) is 5.76. The van der Waals surface area contributed by atoms with Gasteiger partial charge in [-0.25, -0.2) is 0 Å². The number of nitrogens with zero attached hydrogens (tertiary/aromatic N) is 1. The molecule has 1 aliphatic heterocycles. The summed E-state index contributed by atoms with van der Waals surface area (Å²) in [7, 11) is 0. The molecule has 0 unspecified atom stereocenters. The Morgan fingerprint density at radius 3 is 2.71 bits per heavy atom. The number of amides is 1. The zero-order valence-corrected chi connectivity index (χ0v) is 15.2. The zero-order chi connectivity index (χ0) is 14.5. The normalized spacial score (nSPS) is 15.4. The van der Waals surface area contributed by atoms with Gasteiger partial charge in [-0.2, -0.15) is 0 Å². The van der Waals surface area contributed by atoms with Crippen LogP contribution in [-0.2, 0) is 0 Å². The van der Waals surface area contributed by atoms with Crippen LogP contribution >= 0.6 is 39.9 Å². The van der Waals surface area contributed by atoms with Crippen LogP contribution in [-0.4, -0.2) is 36.5 Å². The van der Waals surface area contributed by atoms with Gasteiger partial charge in [-0.3, -0.25) is 4.79 Å². The average molecular weight is 396 g/mol. The van der Waals surface area contributed by atoms with Crippen LogP contribution in [0.15, 0.2) is 22.7 Å². The molecule has 0 bridgehead atoms. The minimum Gasteiger partial charge on any atom is -0.336 e. The molecule has 6 heteroatoms. The monoisotopic (exact) mass is 394 g/mol. The quantitative estimate of drug-likeness (QED) is 0.831. The highest BCUT2D eigenvalue weighted by Gasteiger charge is 2.26. The lowest BCUT2D eigenvalue weighted by Crippen LogP contribution is -2.46. The first-order chi connectivity index (χ1) is 9.63. The van der Waals surface area contributed by atoms with Crippen LogP contribution in [0.25, 0.3) is 0 Å². The topological polar surface area (TPSA) is 32.3 Å². The van der Waals surface area contributed by atoms with E-state index in [-0.39, 0.29) is 18.3 Å². The van der Waals surface area contributed by atoms with E-state index in [1.165, 1.54) is 0 Å². The third kappa shape index (κ3) is 4.85. The summed E-state index contributed by atoms with van der Waals surface area (Å²) >= 11 is 9.60. The third-order valence-corrected chi connectivity index (χ3v) is 4.46. The molecule has 0 spiro atoms. The van der Waals surface area contributed by atoms with E-state index < -0.39 is 0 Å². The molecule has 3 nitrogen and oxygen atoms in total. The Hall–Kier alpha value is -0.290. The van der Waals surface area contributed by atoms with Crippen LogP contribution in [0.1, 0.15) is 36.5 Å². The number of halogens is 3. The summed E-state index contributed by atoms with van der Waals surface area (Å²) in [5, 5.41) is 3.86. The first kappa shape index (κ1) is 18.8. The van der Waals surface area contributed by atoms with Crippen molar-refractivity contribution in [2.45, 2.75) is 32.2 Å². The van der Waals surface area contributed by atoms with E-state index in [0.29, 0.717) is 16.6 Å². The van der Waals surface area contributed by atoms with Crippen molar-refractivity contribution < 1.29 is 4.79 Å². The van der Waals surface area contributed by atoms with Gasteiger partial charge < -0.3 is 10.2 Å². The molecule has 1 N–H and O–H groups in total. The smallest absolute Gasteiger partial charge is 0.255 e. The highest BCUT2D eigenvalue weighted by Crippen LogP contribution is 2.24. The molecule has 0 aliphatic carbocycles. The van der Waals surface area contributed by atoms with Crippen LogP contribution in [0, 0.1) is 0 Å². The zero-order valence-electron chi connectivity index (χ0n) is 12.1. The van der Waals surface area contributed by atoms with Crippen molar-refractivity contribution in [2.24, 2.45) is 0 Å². The minimum absolute atomic E-state index is 0. The fraction of sp³-hybridized carbons (Fsp3) is 0.533. The Labute approximate surface area is 146 Å². The number of benzene rings is 1. The van der Waals surface area contributed by atoms with Crippen molar-refractivity contribution >= 4 is 45.8 Å². The fourth-order valence-electron chi connectivity index (χ4n) is 2.63. The third-order valence-electron chi connectivity index (χ3n) is 3.63. The molecule has 1 fully saturated rings. The van der Waals surface area contributed by atoms with Gasteiger partial charge in [0.2, 0.25) is 0 Å². The summed E-state index contributed by atoms with van der Waals surface area (Å²) < 4.78 is 0.881. The van der Waals surface area contributed by atoms with Gasteiger partial charge in [0.25, 0.3) is 5.91 Å². The number of nitrogens with one attached hydrogen (secondary N) is 1. The maximum atomic E-state index is 12.8. The van der Waals surface area contributed by atoms with Gasteiger partial charge in [-0.1, -0.05) is 34.5 Å². The van der Waals surface area contributed by atoms with E-state index in [2.05, 4.69) is 28.2 Å².